The normalized spacial score (nSPS) is 17.7. The zero-order valence-electron chi connectivity index (χ0n) is 11.7. The van der Waals surface area contributed by atoms with E-state index >= 15 is 0 Å². The molecule has 1 aliphatic heterocycles. The number of hydrogen-bond donors (Lipinski definition) is 0. The summed E-state index contributed by atoms with van der Waals surface area (Å²) in [6.45, 7) is 4.64. The van der Waals surface area contributed by atoms with Crippen molar-refractivity contribution in [3.8, 4) is 0 Å². The Kier molecular flexibility index (Phi) is 4.38. The number of aryl methyl sites for hydroxylation is 2. The van der Waals surface area contributed by atoms with E-state index in [0.717, 1.165) is 11.1 Å². The van der Waals surface area contributed by atoms with Crippen LogP contribution in [0.15, 0.2) is 28.1 Å². The first kappa shape index (κ1) is 14.9. The van der Waals surface area contributed by atoms with Gasteiger partial charge >= 0.3 is 0 Å². The van der Waals surface area contributed by atoms with Gasteiger partial charge in [-0.25, -0.2) is 18.2 Å². The number of rotatable bonds is 3. The number of piperidine rings is 1. The van der Waals surface area contributed by atoms with Gasteiger partial charge in [-0.2, -0.15) is 4.31 Å². The lowest BCUT2D eigenvalue weighted by Crippen LogP contribution is -2.39. The summed E-state index contributed by atoms with van der Waals surface area (Å²) in [6, 6.07) is 5.08. The molecular formula is C14H18N2O3S. The highest BCUT2D eigenvalue weighted by molar-refractivity contribution is 7.89. The smallest absolute Gasteiger partial charge is 0.211 e. The fourth-order valence-electron chi connectivity index (χ4n) is 2.31. The second-order valence-electron chi connectivity index (χ2n) is 5.10. The molecule has 1 aromatic rings. The van der Waals surface area contributed by atoms with Crippen LogP contribution >= 0.6 is 0 Å². The first-order valence-electron chi connectivity index (χ1n) is 6.59. The molecule has 5 nitrogen and oxygen atoms in total. The van der Waals surface area contributed by atoms with Crippen LogP contribution in [0, 0.1) is 13.8 Å². The number of nitrogens with zero attached hydrogens (tertiary/aromatic N) is 2. The lowest BCUT2D eigenvalue weighted by Gasteiger charge is -2.28. The van der Waals surface area contributed by atoms with Crippen molar-refractivity contribution in [1.29, 1.82) is 0 Å². The van der Waals surface area contributed by atoms with Gasteiger partial charge in [0, 0.05) is 13.1 Å². The van der Waals surface area contributed by atoms with Crippen molar-refractivity contribution < 1.29 is 13.2 Å². The molecule has 0 aromatic heterocycles. The van der Waals surface area contributed by atoms with Crippen LogP contribution in [0.2, 0.25) is 0 Å². The molecule has 0 N–H and O–H groups in total. The van der Waals surface area contributed by atoms with Crippen LogP contribution in [0.1, 0.15) is 24.0 Å². The highest BCUT2D eigenvalue weighted by Gasteiger charge is 2.29. The summed E-state index contributed by atoms with van der Waals surface area (Å²) in [5.41, 5.74) is 2.04. The highest BCUT2D eigenvalue weighted by Crippen LogP contribution is 2.23. The maximum atomic E-state index is 12.5. The van der Waals surface area contributed by atoms with Crippen LogP contribution in [-0.4, -0.2) is 37.9 Å². The van der Waals surface area contributed by atoms with Crippen LogP contribution in [0.25, 0.3) is 0 Å². The van der Waals surface area contributed by atoms with E-state index in [9.17, 15) is 13.2 Å². The number of sulfonamides is 1. The van der Waals surface area contributed by atoms with Crippen molar-refractivity contribution in [3.63, 3.8) is 0 Å². The fourth-order valence-corrected chi connectivity index (χ4v) is 3.86. The Bertz CT molecular complexity index is 640. The Hall–Kier alpha value is -1.49. The largest absolute Gasteiger partial charge is 0.243 e. The van der Waals surface area contributed by atoms with Gasteiger partial charge in [0.25, 0.3) is 0 Å². The van der Waals surface area contributed by atoms with Gasteiger partial charge in [-0.05, 0) is 49.9 Å². The number of aliphatic imine (C=N–C) groups is 1. The maximum absolute atomic E-state index is 12.5. The van der Waals surface area contributed by atoms with Crippen molar-refractivity contribution in [2.75, 3.05) is 13.1 Å². The molecule has 1 fully saturated rings. The van der Waals surface area contributed by atoms with Gasteiger partial charge in [0.15, 0.2) is 0 Å². The third-order valence-electron chi connectivity index (χ3n) is 3.77. The minimum atomic E-state index is -3.45. The van der Waals surface area contributed by atoms with Crippen LogP contribution in [-0.2, 0) is 14.8 Å². The Morgan fingerprint density at radius 2 is 1.85 bits per heavy atom. The minimum absolute atomic E-state index is 0.0984. The quantitative estimate of drug-likeness (QED) is 0.630. The molecule has 0 saturated carbocycles. The standard InChI is InChI=1S/C14H18N2O3S/c1-11-3-4-14(9-12(11)2)20(18,19)16-7-5-13(6-8-16)15-10-17/h3-4,9,13H,5-8H2,1-2H3. The van der Waals surface area contributed by atoms with E-state index in [1.165, 1.54) is 4.31 Å². The molecule has 2 rings (SSSR count). The van der Waals surface area contributed by atoms with Gasteiger partial charge in [-0.3, -0.25) is 0 Å². The Morgan fingerprint density at radius 3 is 2.40 bits per heavy atom. The molecule has 0 radical (unpaired) electrons. The van der Waals surface area contributed by atoms with Crippen molar-refractivity contribution in [3.05, 3.63) is 29.3 Å². The van der Waals surface area contributed by atoms with Gasteiger partial charge in [0.05, 0.1) is 10.9 Å². The third-order valence-corrected chi connectivity index (χ3v) is 5.67. The number of hydrogen-bond acceptors (Lipinski definition) is 4. The fraction of sp³-hybridized carbons (Fsp3) is 0.500. The Balaban J connectivity index is 2.19. The van der Waals surface area contributed by atoms with E-state index in [2.05, 4.69) is 4.99 Å². The van der Waals surface area contributed by atoms with E-state index < -0.39 is 10.0 Å². The molecule has 1 aromatic carbocycles. The third kappa shape index (κ3) is 2.98. The van der Waals surface area contributed by atoms with Gasteiger partial charge in [0.2, 0.25) is 16.1 Å². The van der Waals surface area contributed by atoms with Crippen LogP contribution in [0.3, 0.4) is 0 Å². The number of carbonyl (C=O) groups excluding carboxylic acids is 1. The second-order valence-corrected chi connectivity index (χ2v) is 7.04. The first-order chi connectivity index (χ1) is 9.45. The summed E-state index contributed by atoms with van der Waals surface area (Å²) in [6.07, 6.45) is 2.68. The molecule has 108 valence electrons. The van der Waals surface area contributed by atoms with E-state index in [0.29, 0.717) is 30.8 Å². The van der Waals surface area contributed by atoms with Gasteiger partial charge < -0.3 is 0 Å². The predicted molar refractivity (Wildman–Crippen MR) is 75.8 cm³/mol. The molecule has 1 saturated heterocycles. The zero-order valence-corrected chi connectivity index (χ0v) is 12.5. The average Bonchev–Trinajstić information content (AvgIpc) is 2.43. The molecular weight excluding hydrogens is 276 g/mol. The molecule has 0 spiro atoms. The lowest BCUT2D eigenvalue weighted by atomic mass is 10.1. The topological polar surface area (TPSA) is 66.8 Å². The summed E-state index contributed by atoms with van der Waals surface area (Å²) in [5, 5.41) is 0. The molecule has 20 heavy (non-hydrogen) atoms. The van der Waals surface area contributed by atoms with Gasteiger partial charge in [-0.15, -0.1) is 0 Å². The monoisotopic (exact) mass is 294 g/mol. The summed E-state index contributed by atoms with van der Waals surface area (Å²) < 4.78 is 26.5. The number of benzene rings is 1. The summed E-state index contributed by atoms with van der Waals surface area (Å²) in [7, 11) is -3.45. The van der Waals surface area contributed by atoms with E-state index in [1.807, 2.05) is 19.9 Å². The zero-order chi connectivity index (χ0) is 14.8. The van der Waals surface area contributed by atoms with E-state index in [4.69, 9.17) is 0 Å². The van der Waals surface area contributed by atoms with Crippen molar-refractivity contribution in [2.45, 2.75) is 37.6 Å². The lowest BCUT2D eigenvalue weighted by molar-refractivity contribution is 0.320. The van der Waals surface area contributed by atoms with Crippen LogP contribution in [0.5, 0.6) is 0 Å². The molecule has 0 aliphatic carbocycles. The molecule has 0 atom stereocenters. The molecule has 6 heteroatoms. The van der Waals surface area contributed by atoms with Crippen molar-refractivity contribution in [1.82, 2.24) is 4.31 Å². The molecule has 1 aliphatic rings. The SMILES string of the molecule is Cc1ccc(S(=O)(=O)N2CCC(N=C=O)CC2)cc1C. The summed E-state index contributed by atoms with van der Waals surface area (Å²) in [4.78, 5) is 14.2. The molecule has 0 unspecified atom stereocenters. The van der Waals surface area contributed by atoms with E-state index in [-0.39, 0.29) is 6.04 Å². The molecule has 0 amide bonds. The minimum Gasteiger partial charge on any atom is -0.211 e. The molecule has 1 heterocycles. The summed E-state index contributed by atoms with van der Waals surface area (Å²) >= 11 is 0. The van der Waals surface area contributed by atoms with Crippen LogP contribution < -0.4 is 0 Å². The van der Waals surface area contributed by atoms with Gasteiger partial charge in [-0.1, -0.05) is 6.07 Å². The highest BCUT2D eigenvalue weighted by atomic mass is 32.2. The van der Waals surface area contributed by atoms with Crippen molar-refractivity contribution >= 4 is 16.1 Å². The first-order valence-corrected chi connectivity index (χ1v) is 8.03. The maximum Gasteiger partial charge on any atom is 0.243 e. The average molecular weight is 294 g/mol. The second kappa shape index (κ2) is 5.87. The van der Waals surface area contributed by atoms with E-state index in [1.54, 1.807) is 18.2 Å². The Labute approximate surface area is 119 Å². The Morgan fingerprint density at radius 1 is 1.20 bits per heavy atom. The van der Waals surface area contributed by atoms with Crippen molar-refractivity contribution in [2.24, 2.45) is 4.99 Å². The summed E-state index contributed by atoms with van der Waals surface area (Å²) in [5.74, 6) is 0. The predicted octanol–water partition coefficient (Wildman–Crippen LogP) is 1.79. The number of isocyanates is 1. The molecule has 0 bridgehead atoms. The van der Waals surface area contributed by atoms with Crippen LogP contribution in [0.4, 0.5) is 0 Å². The van der Waals surface area contributed by atoms with Gasteiger partial charge in [0.1, 0.15) is 0 Å².